The third kappa shape index (κ3) is 2.69. The second kappa shape index (κ2) is 4.76. The fourth-order valence-corrected chi connectivity index (χ4v) is 1.52. The highest BCUT2D eigenvalue weighted by molar-refractivity contribution is 5.85. The molecule has 0 heterocycles. The Morgan fingerprint density at radius 2 is 2.00 bits per heavy atom. The zero-order valence-electron chi connectivity index (χ0n) is 8.16. The normalized spacial score (nSPS) is 17.3. The van der Waals surface area contributed by atoms with E-state index in [1.54, 1.807) is 6.07 Å². The maximum Gasteiger partial charge on any atom is 0.127 e. The average molecular weight is 216 g/mol. The summed E-state index contributed by atoms with van der Waals surface area (Å²) in [6.07, 6.45) is 2.47. The Labute approximate surface area is 90.1 Å². The number of halogens is 2. The van der Waals surface area contributed by atoms with E-state index in [-0.39, 0.29) is 24.3 Å². The standard InChI is InChI=1S/C11H14FN.ClH/c1-8(13-9-6-7-9)10-4-2-3-5-11(10)12;/h2-5,8-9,13H,6-7H2,1H3;1H. The van der Waals surface area contributed by atoms with Gasteiger partial charge in [0.15, 0.2) is 0 Å². The Morgan fingerprint density at radius 1 is 1.36 bits per heavy atom. The maximum atomic E-state index is 13.3. The minimum absolute atomic E-state index is 0. The zero-order valence-corrected chi connectivity index (χ0v) is 8.98. The molecule has 14 heavy (non-hydrogen) atoms. The molecule has 1 nitrogen and oxygen atoms in total. The fourth-order valence-electron chi connectivity index (χ4n) is 1.52. The van der Waals surface area contributed by atoms with Gasteiger partial charge in [-0.25, -0.2) is 4.39 Å². The smallest absolute Gasteiger partial charge is 0.127 e. The molecule has 1 N–H and O–H groups in total. The van der Waals surface area contributed by atoms with Crippen molar-refractivity contribution in [3.05, 3.63) is 35.6 Å². The average Bonchev–Trinajstić information content (AvgIpc) is 2.89. The first kappa shape index (κ1) is 11.5. The van der Waals surface area contributed by atoms with Crippen molar-refractivity contribution in [3.8, 4) is 0 Å². The molecule has 1 atom stereocenters. The van der Waals surface area contributed by atoms with Gasteiger partial charge in [-0.2, -0.15) is 0 Å². The minimum Gasteiger partial charge on any atom is -0.307 e. The Morgan fingerprint density at radius 3 is 2.57 bits per heavy atom. The summed E-state index contributed by atoms with van der Waals surface area (Å²) < 4.78 is 13.3. The van der Waals surface area contributed by atoms with Crippen LogP contribution >= 0.6 is 12.4 Å². The van der Waals surface area contributed by atoms with Crippen LogP contribution in [-0.2, 0) is 0 Å². The lowest BCUT2D eigenvalue weighted by molar-refractivity contribution is 0.526. The first-order valence-corrected chi connectivity index (χ1v) is 4.78. The molecular formula is C11H15ClFN. The van der Waals surface area contributed by atoms with Gasteiger partial charge in [0.2, 0.25) is 0 Å². The minimum atomic E-state index is -0.108. The van der Waals surface area contributed by atoms with E-state index in [1.165, 1.54) is 18.9 Å². The second-order valence-electron chi connectivity index (χ2n) is 3.68. The molecule has 0 bridgehead atoms. The van der Waals surface area contributed by atoms with Crippen LogP contribution in [0.15, 0.2) is 24.3 Å². The van der Waals surface area contributed by atoms with Crippen molar-refractivity contribution in [3.63, 3.8) is 0 Å². The van der Waals surface area contributed by atoms with Gasteiger partial charge >= 0.3 is 0 Å². The van der Waals surface area contributed by atoms with Crippen LogP contribution < -0.4 is 5.32 Å². The van der Waals surface area contributed by atoms with E-state index in [9.17, 15) is 4.39 Å². The van der Waals surface area contributed by atoms with Gasteiger partial charge in [-0.1, -0.05) is 18.2 Å². The Hall–Kier alpha value is -0.600. The SMILES string of the molecule is CC(NC1CC1)c1ccccc1F.Cl. The molecule has 3 heteroatoms. The summed E-state index contributed by atoms with van der Waals surface area (Å²) in [5, 5.41) is 3.37. The van der Waals surface area contributed by atoms with Crippen LogP contribution in [0.4, 0.5) is 4.39 Å². The predicted octanol–water partition coefficient (Wildman–Crippen LogP) is 3.06. The molecule has 1 aromatic carbocycles. The van der Waals surface area contributed by atoms with E-state index in [4.69, 9.17) is 0 Å². The topological polar surface area (TPSA) is 12.0 Å². The molecule has 1 aromatic rings. The van der Waals surface area contributed by atoms with E-state index in [1.807, 2.05) is 19.1 Å². The van der Waals surface area contributed by atoms with Crippen LogP contribution in [-0.4, -0.2) is 6.04 Å². The van der Waals surface area contributed by atoms with Crippen molar-refractivity contribution in [2.24, 2.45) is 0 Å². The number of hydrogen-bond acceptors (Lipinski definition) is 1. The fraction of sp³-hybridized carbons (Fsp3) is 0.455. The largest absolute Gasteiger partial charge is 0.307 e. The monoisotopic (exact) mass is 215 g/mol. The lowest BCUT2D eigenvalue weighted by Crippen LogP contribution is -2.21. The van der Waals surface area contributed by atoms with Gasteiger partial charge in [0.05, 0.1) is 0 Å². The van der Waals surface area contributed by atoms with Crippen LogP contribution in [0.3, 0.4) is 0 Å². The summed E-state index contributed by atoms with van der Waals surface area (Å²) in [6, 6.07) is 7.71. The molecule has 1 aliphatic rings. The maximum absolute atomic E-state index is 13.3. The summed E-state index contributed by atoms with van der Waals surface area (Å²) in [5.74, 6) is -0.108. The van der Waals surface area contributed by atoms with Crippen LogP contribution in [0.1, 0.15) is 31.4 Å². The summed E-state index contributed by atoms with van der Waals surface area (Å²) >= 11 is 0. The number of hydrogen-bond donors (Lipinski definition) is 1. The quantitative estimate of drug-likeness (QED) is 0.817. The van der Waals surface area contributed by atoms with Crippen molar-refractivity contribution >= 4 is 12.4 Å². The van der Waals surface area contributed by atoms with Crippen LogP contribution in [0, 0.1) is 5.82 Å². The lowest BCUT2D eigenvalue weighted by atomic mass is 10.1. The molecule has 0 radical (unpaired) electrons. The Balaban J connectivity index is 0.000000980. The molecule has 1 fully saturated rings. The molecular weight excluding hydrogens is 201 g/mol. The van der Waals surface area contributed by atoms with Crippen molar-refractivity contribution in [2.75, 3.05) is 0 Å². The van der Waals surface area contributed by atoms with Gasteiger partial charge in [0.1, 0.15) is 5.82 Å². The van der Waals surface area contributed by atoms with Crippen molar-refractivity contribution < 1.29 is 4.39 Å². The first-order valence-electron chi connectivity index (χ1n) is 4.78. The first-order chi connectivity index (χ1) is 6.27. The summed E-state index contributed by atoms with van der Waals surface area (Å²) in [6.45, 7) is 2.01. The molecule has 78 valence electrons. The van der Waals surface area contributed by atoms with Gasteiger partial charge in [0, 0.05) is 17.6 Å². The van der Waals surface area contributed by atoms with Gasteiger partial charge in [-0.15, -0.1) is 12.4 Å². The third-order valence-corrected chi connectivity index (χ3v) is 2.43. The predicted molar refractivity (Wildman–Crippen MR) is 58.2 cm³/mol. The number of nitrogens with one attached hydrogen (secondary N) is 1. The Kier molecular flexibility index (Phi) is 3.90. The van der Waals surface area contributed by atoms with E-state index in [2.05, 4.69) is 5.32 Å². The molecule has 2 rings (SSSR count). The number of benzene rings is 1. The van der Waals surface area contributed by atoms with E-state index < -0.39 is 0 Å². The van der Waals surface area contributed by atoms with Crippen LogP contribution in [0.25, 0.3) is 0 Å². The van der Waals surface area contributed by atoms with Crippen molar-refractivity contribution in [1.82, 2.24) is 5.32 Å². The molecule has 0 aromatic heterocycles. The highest BCUT2D eigenvalue weighted by Crippen LogP contribution is 2.24. The molecule has 0 amide bonds. The van der Waals surface area contributed by atoms with Gasteiger partial charge in [0.25, 0.3) is 0 Å². The molecule has 0 spiro atoms. The molecule has 1 saturated carbocycles. The van der Waals surface area contributed by atoms with Gasteiger partial charge in [-0.05, 0) is 25.8 Å². The second-order valence-corrected chi connectivity index (χ2v) is 3.68. The molecule has 0 saturated heterocycles. The highest BCUT2D eigenvalue weighted by atomic mass is 35.5. The molecule has 0 aliphatic heterocycles. The van der Waals surface area contributed by atoms with E-state index in [0.717, 1.165) is 5.56 Å². The van der Waals surface area contributed by atoms with E-state index in [0.29, 0.717) is 6.04 Å². The van der Waals surface area contributed by atoms with Gasteiger partial charge < -0.3 is 5.32 Å². The number of rotatable bonds is 3. The van der Waals surface area contributed by atoms with E-state index >= 15 is 0 Å². The van der Waals surface area contributed by atoms with Crippen LogP contribution in [0.5, 0.6) is 0 Å². The lowest BCUT2D eigenvalue weighted by Gasteiger charge is -2.13. The summed E-state index contributed by atoms with van der Waals surface area (Å²) in [7, 11) is 0. The van der Waals surface area contributed by atoms with Gasteiger partial charge in [-0.3, -0.25) is 0 Å². The van der Waals surface area contributed by atoms with Crippen LogP contribution in [0.2, 0.25) is 0 Å². The van der Waals surface area contributed by atoms with Crippen molar-refractivity contribution in [2.45, 2.75) is 31.8 Å². The summed E-state index contributed by atoms with van der Waals surface area (Å²) in [5.41, 5.74) is 0.773. The van der Waals surface area contributed by atoms with Crippen molar-refractivity contribution in [1.29, 1.82) is 0 Å². The molecule has 1 unspecified atom stereocenters. The zero-order chi connectivity index (χ0) is 9.26. The summed E-state index contributed by atoms with van der Waals surface area (Å²) in [4.78, 5) is 0. The Bertz CT molecular complexity index is 299. The molecule has 1 aliphatic carbocycles. The third-order valence-electron chi connectivity index (χ3n) is 2.43. The highest BCUT2D eigenvalue weighted by Gasteiger charge is 2.23.